The maximum absolute atomic E-state index is 13.2. The van der Waals surface area contributed by atoms with Crippen LogP contribution in [0.1, 0.15) is 38.8 Å². The van der Waals surface area contributed by atoms with Gasteiger partial charge in [0.05, 0.1) is 0 Å². The maximum atomic E-state index is 13.2. The van der Waals surface area contributed by atoms with Crippen molar-refractivity contribution in [3.63, 3.8) is 0 Å². The summed E-state index contributed by atoms with van der Waals surface area (Å²) in [6.45, 7) is 4.67. The lowest BCUT2D eigenvalue weighted by molar-refractivity contribution is 0.0977. The van der Waals surface area contributed by atoms with Crippen LogP contribution in [-0.4, -0.2) is 42.0 Å². The monoisotopic (exact) mass is 418 g/mol. The zero-order valence-electron chi connectivity index (χ0n) is 18.0. The Labute approximate surface area is 182 Å². The first-order valence-electron chi connectivity index (χ1n) is 10.1. The molecule has 0 radical (unpaired) electrons. The number of benzene rings is 1. The third kappa shape index (κ3) is 5.96. The van der Waals surface area contributed by atoms with Crippen LogP contribution in [0.4, 0.5) is 11.4 Å². The molecule has 0 fully saturated rings. The van der Waals surface area contributed by atoms with Gasteiger partial charge in [0.25, 0.3) is 11.8 Å². The maximum Gasteiger partial charge on any atom is 0.276 e. The van der Waals surface area contributed by atoms with Crippen LogP contribution < -0.4 is 10.2 Å². The normalized spacial score (nSPS) is 10.5. The van der Waals surface area contributed by atoms with Crippen molar-refractivity contribution in [2.75, 3.05) is 30.5 Å². The van der Waals surface area contributed by atoms with E-state index in [0.29, 0.717) is 42.3 Å². The van der Waals surface area contributed by atoms with Gasteiger partial charge in [-0.2, -0.15) is 0 Å². The van der Waals surface area contributed by atoms with Gasteiger partial charge in [0.15, 0.2) is 0 Å². The first-order chi connectivity index (χ1) is 15.0. The van der Waals surface area contributed by atoms with Crippen molar-refractivity contribution in [3.05, 3.63) is 83.4 Å². The standard InChI is InChI=1S/C24H26N4O3/c1-17-8-4-12-21(25-17)23(29)27-19-10-6-11-20(16-19)28(14-7-15-31-3)24(30)22-13-5-9-18(2)26-22/h4-6,8-13,16H,7,14-15H2,1-3H3,(H,27,29). The van der Waals surface area contributed by atoms with E-state index in [2.05, 4.69) is 15.3 Å². The lowest BCUT2D eigenvalue weighted by atomic mass is 10.2. The van der Waals surface area contributed by atoms with Crippen molar-refractivity contribution in [1.29, 1.82) is 0 Å². The molecule has 3 aromatic rings. The van der Waals surface area contributed by atoms with E-state index < -0.39 is 0 Å². The van der Waals surface area contributed by atoms with Crippen LogP contribution in [0.25, 0.3) is 0 Å². The van der Waals surface area contributed by atoms with E-state index in [0.717, 1.165) is 11.4 Å². The molecule has 0 bridgehead atoms. The van der Waals surface area contributed by atoms with Gasteiger partial charge >= 0.3 is 0 Å². The summed E-state index contributed by atoms with van der Waals surface area (Å²) in [7, 11) is 1.63. The Kier molecular flexibility index (Phi) is 7.45. The molecule has 0 spiro atoms. The molecule has 1 N–H and O–H groups in total. The van der Waals surface area contributed by atoms with Crippen LogP contribution in [-0.2, 0) is 4.74 Å². The minimum Gasteiger partial charge on any atom is -0.385 e. The van der Waals surface area contributed by atoms with E-state index in [1.165, 1.54) is 0 Å². The smallest absolute Gasteiger partial charge is 0.276 e. The summed E-state index contributed by atoms with van der Waals surface area (Å²) < 4.78 is 5.15. The molecular formula is C24H26N4O3. The van der Waals surface area contributed by atoms with Crippen molar-refractivity contribution in [1.82, 2.24) is 9.97 Å². The molecule has 0 unspecified atom stereocenters. The van der Waals surface area contributed by atoms with Crippen LogP contribution in [0.2, 0.25) is 0 Å². The second-order valence-electron chi connectivity index (χ2n) is 7.14. The number of hydrogen-bond acceptors (Lipinski definition) is 5. The molecule has 1 aromatic carbocycles. The van der Waals surface area contributed by atoms with Gasteiger partial charge in [-0.25, -0.2) is 9.97 Å². The van der Waals surface area contributed by atoms with Gasteiger partial charge in [0.2, 0.25) is 0 Å². The molecule has 0 saturated carbocycles. The van der Waals surface area contributed by atoms with Crippen LogP contribution in [0.3, 0.4) is 0 Å². The summed E-state index contributed by atoms with van der Waals surface area (Å²) in [5, 5.41) is 2.86. The predicted octanol–water partition coefficient (Wildman–Crippen LogP) is 4.03. The highest BCUT2D eigenvalue weighted by Crippen LogP contribution is 2.22. The first-order valence-corrected chi connectivity index (χ1v) is 10.1. The van der Waals surface area contributed by atoms with E-state index in [9.17, 15) is 9.59 Å². The summed E-state index contributed by atoms with van der Waals surface area (Å²) in [6.07, 6.45) is 0.665. The highest BCUT2D eigenvalue weighted by Gasteiger charge is 2.19. The number of anilines is 2. The molecule has 2 amide bonds. The Balaban J connectivity index is 1.85. The predicted molar refractivity (Wildman–Crippen MR) is 121 cm³/mol. The van der Waals surface area contributed by atoms with Gasteiger partial charge in [0, 0.05) is 43.0 Å². The second-order valence-corrected chi connectivity index (χ2v) is 7.14. The number of hydrogen-bond donors (Lipinski definition) is 1. The second kappa shape index (κ2) is 10.4. The average molecular weight is 418 g/mol. The number of carbonyl (C=O) groups excluding carboxylic acids is 2. The van der Waals surface area contributed by atoms with Gasteiger partial charge in [-0.15, -0.1) is 0 Å². The van der Waals surface area contributed by atoms with Crippen LogP contribution in [0.5, 0.6) is 0 Å². The van der Waals surface area contributed by atoms with Crippen molar-refractivity contribution in [3.8, 4) is 0 Å². The molecule has 0 atom stereocenters. The molecule has 7 heteroatoms. The van der Waals surface area contributed by atoms with E-state index >= 15 is 0 Å². The number of carbonyl (C=O) groups is 2. The summed E-state index contributed by atoms with van der Waals surface area (Å²) in [4.78, 5) is 36.1. The van der Waals surface area contributed by atoms with E-state index in [1.54, 1.807) is 48.4 Å². The third-order valence-corrected chi connectivity index (χ3v) is 4.62. The molecule has 0 saturated heterocycles. The van der Waals surface area contributed by atoms with Crippen LogP contribution >= 0.6 is 0 Å². The average Bonchev–Trinajstić information content (AvgIpc) is 2.76. The van der Waals surface area contributed by atoms with Crippen molar-refractivity contribution in [2.24, 2.45) is 0 Å². The molecule has 160 valence electrons. The molecule has 7 nitrogen and oxygen atoms in total. The zero-order chi connectivity index (χ0) is 22.2. The van der Waals surface area contributed by atoms with Crippen molar-refractivity contribution >= 4 is 23.2 Å². The number of rotatable bonds is 8. The van der Waals surface area contributed by atoms with Gasteiger partial charge in [-0.05, 0) is 62.7 Å². The molecule has 0 aliphatic heterocycles. The fourth-order valence-electron chi connectivity index (χ4n) is 3.13. The lowest BCUT2D eigenvalue weighted by Gasteiger charge is -2.23. The molecule has 0 aliphatic carbocycles. The Hall–Kier alpha value is -3.58. The van der Waals surface area contributed by atoms with Crippen LogP contribution in [0, 0.1) is 13.8 Å². The number of amides is 2. The van der Waals surface area contributed by atoms with Gasteiger partial charge < -0.3 is 15.0 Å². The largest absolute Gasteiger partial charge is 0.385 e. The number of methoxy groups -OCH3 is 1. The number of nitrogens with one attached hydrogen (secondary N) is 1. The summed E-state index contributed by atoms with van der Waals surface area (Å²) in [5.41, 5.74) is 3.49. The first kappa shape index (κ1) is 22.1. The Morgan fingerprint density at radius 2 is 1.58 bits per heavy atom. The quantitative estimate of drug-likeness (QED) is 0.559. The summed E-state index contributed by atoms with van der Waals surface area (Å²) in [6, 6.07) is 17.8. The topological polar surface area (TPSA) is 84.4 Å². The summed E-state index contributed by atoms with van der Waals surface area (Å²) in [5.74, 6) is -0.512. The SMILES string of the molecule is COCCCN(C(=O)c1cccc(C)n1)c1cccc(NC(=O)c2cccc(C)n2)c1. The van der Waals surface area contributed by atoms with E-state index in [4.69, 9.17) is 4.74 Å². The van der Waals surface area contributed by atoms with E-state index in [1.807, 2.05) is 38.1 Å². The zero-order valence-corrected chi connectivity index (χ0v) is 18.0. The Morgan fingerprint density at radius 3 is 2.26 bits per heavy atom. The Morgan fingerprint density at radius 1 is 0.935 bits per heavy atom. The Bertz CT molecular complexity index is 1070. The van der Waals surface area contributed by atoms with Crippen LogP contribution in [0.15, 0.2) is 60.7 Å². The highest BCUT2D eigenvalue weighted by molar-refractivity contribution is 6.06. The third-order valence-electron chi connectivity index (χ3n) is 4.62. The molecule has 0 aliphatic rings. The molecule has 3 rings (SSSR count). The van der Waals surface area contributed by atoms with Gasteiger partial charge in [-0.1, -0.05) is 18.2 Å². The fourth-order valence-corrected chi connectivity index (χ4v) is 3.13. The highest BCUT2D eigenvalue weighted by atomic mass is 16.5. The minimum atomic E-state index is -0.307. The minimum absolute atomic E-state index is 0.205. The molecule has 2 heterocycles. The fraction of sp³-hybridized carbons (Fsp3) is 0.250. The number of pyridine rings is 2. The number of aromatic nitrogens is 2. The van der Waals surface area contributed by atoms with Crippen molar-refractivity contribution in [2.45, 2.75) is 20.3 Å². The number of nitrogens with zero attached hydrogens (tertiary/aromatic N) is 3. The molecule has 31 heavy (non-hydrogen) atoms. The van der Waals surface area contributed by atoms with Gasteiger partial charge in [0.1, 0.15) is 11.4 Å². The number of aryl methyl sites for hydroxylation is 2. The van der Waals surface area contributed by atoms with Gasteiger partial charge in [-0.3, -0.25) is 9.59 Å². The number of ether oxygens (including phenoxy) is 1. The summed E-state index contributed by atoms with van der Waals surface area (Å²) >= 11 is 0. The van der Waals surface area contributed by atoms with Crippen molar-refractivity contribution < 1.29 is 14.3 Å². The van der Waals surface area contributed by atoms with E-state index in [-0.39, 0.29) is 11.8 Å². The molecule has 2 aromatic heterocycles. The lowest BCUT2D eigenvalue weighted by Crippen LogP contribution is -2.33. The molecular weight excluding hydrogens is 392 g/mol.